The van der Waals surface area contributed by atoms with Crippen LogP contribution < -0.4 is 29.7 Å². The maximum atomic E-state index is 12.5. The second-order valence-electron chi connectivity index (χ2n) is 16.8. The standard InChI is InChI=1S/C38H57N9O6Si/c1-23-31-33(46-15-13-14-25(46)21-52-54(11,12)38(5,6)7)42-35(43-34(31)47(44-23)27-16-24(17-27)40-36(48)53-37(2,3)4)41-30-20-45(22-39-30)26-18-28(49-8)32(51-10)29(19-26)50-9/h18-20,22,24-25,27H,13-17,21H2,1-12H3,(H,40,48)(H,41,42,43)/t24-,25-,27+/m0/s1. The number of fused-ring (bicyclic) bond motifs is 1. The third kappa shape index (κ3) is 8.09. The fourth-order valence-corrected chi connectivity index (χ4v) is 7.79. The summed E-state index contributed by atoms with van der Waals surface area (Å²) in [5.74, 6) is 3.38. The van der Waals surface area contributed by atoms with Gasteiger partial charge in [0.25, 0.3) is 0 Å². The van der Waals surface area contributed by atoms with Crippen molar-refractivity contribution < 1.29 is 28.2 Å². The lowest BCUT2D eigenvalue weighted by Crippen LogP contribution is -2.47. The van der Waals surface area contributed by atoms with Gasteiger partial charge in [-0.25, -0.2) is 14.5 Å². The maximum absolute atomic E-state index is 12.5. The van der Waals surface area contributed by atoms with E-state index in [2.05, 4.69) is 54.4 Å². The van der Waals surface area contributed by atoms with E-state index in [0.717, 1.165) is 47.6 Å². The zero-order valence-corrected chi connectivity index (χ0v) is 34.9. The number of hydrogen-bond acceptors (Lipinski definition) is 12. The number of anilines is 3. The summed E-state index contributed by atoms with van der Waals surface area (Å²) in [6.07, 6.45) is 6.63. The molecule has 1 aliphatic carbocycles. The molecule has 15 nitrogen and oxygen atoms in total. The quantitative estimate of drug-likeness (QED) is 0.139. The van der Waals surface area contributed by atoms with Crippen LogP contribution in [0.2, 0.25) is 18.1 Å². The van der Waals surface area contributed by atoms with Gasteiger partial charge in [-0.15, -0.1) is 0 Å². The summed E-state index contributed by atoms with van der Waals surface area (Å²) in [7, 11) is 2.78. The van der Waals surface area contributed by atoms with Gasteiger partial charge in [0.05, 0.1) is 63.0 Å². The number of nitrogens with zero attached hydrogens (tertiary/aromatic N) is 7. The summed E-state index contributed by atoms with van der Waals surface area (Å²) in [4.78, 5) is 29.8. The van der Waals surface area contributed by atoms with Gasteiger partial charge in [-0.2, -0.15) is 15.1 Å². The largest absolute Gasteiger partial charge is 0.493 e. The molecule has 6 rings (SSSR count). The Morgan fingerprint density at radius 2 is 1.69 bits per heavy atom. The molecule has 54 heavy (non-hydrogen) atoms. The van der Waals surface area contributed by atoms with E-state index in [9.17, 15) is 4.79 Å². The fourth-order valence-electron chi connectivity index (χ4n) is 6.75. The summed E-state index contributed by atoms with van der Waals surface area (Å²) in [6.45, 7) is 20.5. The van der Waals surface area contributed by atoms with Crippen LogP contribution in [0, 0.1) is 6.92 Å². The van der Waals surface area contributed by atoms with Gasteiger partial charge >= 0.3 is 6.09 Å². The highest BCUT2D eigenvalue weighted by Crippen LogP contribution is 2.42. The van der Waals surface area contributed by atoms with Crippen molar-refractivity contribution in [3.63, 3.8) is 0 Å². The number of aromatic nitrogens is 6. The number of alkyl carbamates (subject to hydrolysis) is 1. The van der Waals surface area contributed by atoms with Crippen molar-refractivity contribution in [2.24, 2.45) is 0 Å². The zero-order valence-electron chi connectivity index (χ0n) is 33.9. The van der Waals surface area contributed by atoms with Crippen molar-refractivity contribution in [2.75, 3.05) is 44.7 Å². The molecule has 3 aromatic heterocycles. The van der Waals surface area contributed by atoms with Gasteiger partial charge in [0.15, 0.2) is 31.3 Å². The number of aryl methyl sites for hydroxylation is 1. The molecule has 1 amide bonds. The number of nitrogens with one attached hydrogen (secondary N) is 2. The topological polar surface area (TPSA) is 152 Å². The molecular weight excluding hydrogens is 707 g/mol. The first-order chi connectivity index (χ1) is 25.4. The second-order valence-corrected chi connectivity index (χ2v) is 21.6. The predicted molar refractivity (Wildman–Crippen MR) is 212 cm³/mol. The van der Waals surface area contributed by atoms with Crippen LogP contribution in [0.25, 0.3) is 16.7 Å². The van der Waals surface area contributed by atoms with Crippen LogP contribution in [-0.2, 0) is 9.16 Å². The van der Waals surface area contributed by atoms with Gasteiger partial charge in [-0.1, -0.05) is 20.8 Å². The van der Waals surface area contributed by atoms with E-state index >= 15 is 0 Å². The van der Waals surface area contributed by atoms with Gasteiger partial charge in [0.2, 0.25) is 11.7 Å². The number of amides is 1. The van der Waals surface area contributed by atoms with Gasteiger partial charge in [0.1, 0.15) is 17.7 Å². The van der Waals surface area contributed by atoms with Crippen molar-refractivity contribution in [3.05, 3.63) is 30.4 Å². The number of benzene rings is 1. The Morgan fingerprint density at radius 3 is 2.30 bits per heavy atom. The SMILES string of the molecule is COc1cc(-n2cnc(Nc3nc(N4CCC[C@H]4CO[Si](C)(C)C(C)(C)C)c4c(C)nn([C@H]5C[C@@H](NC(=O)OC(C)(C)C)C5)c4n3)c2)cc(OC)c1OC. The molecule has 0 radical (unpaired) electrons. The first-order valence-corrected chi connectivity index (χ1v) is 21.6. The average molecular weight is 764 g/mol. The molecular formula is C38H57N9O6Si. The second kappa shape index (κ2) is 14.9. The van der Waals surface area contributed by atoms with Crippen molar-refractivity contribution in [2.45, 2.75) is 116 Å². The summed E-state index contributed by atoms with van der Waals surface area (Å²) in [6, 6.07) is 3.92. The highest BCUT2D eigenvalue weighted by Gasteiger charge is 2.40. The van der Waals surface area contributed by atoms with Gasteiger partial charge in [0, 0.05) is 24.7 Å². The summed E-state index contributed by atoms with van der Waals surface area (Å²) in [5.41, 5.74) is 1.81. The number of carbonyl (C=O) groups excluding carboxylic acids is 1. The van der Waals surface area contributed by atoms with Gasteiger partial charge < -0.3 is 43.5 Å². The Bertz CT molecular complexity index is 1950. The molecule has 4 heterocycles. The first-order valence-electron chi connectivity index (χ1n) is 18.7. The lowest BCUT2D eigenvalue weighted by molar-refractivity contribution is 0.0454. The Morgan fingerprint density at radius 1 is 1.00 bits per heavy atom. The molecule has 1 saturated heterocycles. The third-order valence-electron chi connectivity index (χ3n) is 10.7. The normalized spacial score (nSPS) is 19.1. The van der Waals surface area contributed by atoms with Crippen LogP contribution in [-0.4, -0.2) is 95.9 Å². The Kier molecular flexibility index (Phi) is 10.8. The van der Waals surface area contributed by atoms with Gasteiger partial charge in [-0.05, 0) is 71.5 Å². The van der Waals surface area contributed by atoms with Crippen LogP contribution in [0.1, 0.15) is 79.0 Å². The fraction of sp³-hybridized carbons (Fsp3) is 0.605. The molecule has 1 aliphatic heterocycles. The summed E-state index contributed by atoms with van der Waals surface area (Å²) < 4.78 is 32.8. The minimum Gasteiger partial charge on any atom is -0.493 e. The molecule has 0 spiro atoms. The lowest BCUT2D eigenvalue weighted by Gasteiger charge is -2.38. The van der Waals surface area contributed by atoms with E-state index in [1.54, 1.807) is 27.7 Å². The van der Waals surface area contributed by atoms with Crippen molar-refractivity contribution in [3.8, 4) is 22.9 Å². The molecule has 1 saturated carbocycles. The number of rotatable bonds is 12. The highest BCUT2D eigenvalue weighted by atomic mass is 28.4. The molecule has 2 N–H and O–H groups in total. The van der Waals surface area contributed by atoms with Crippen molar-refractivity contribution >= 4 is 43.0 Å². The molecule has 1 aromatic carbocycles. The van der Waals surface area contributed by atoms with Crippen LogP contribution in [0.4, 0.5) is 22.4 Å². The molecule has 0 unspecified atom stereocenters. The van der Waals surface area contributed by atoms with Crippen LogP contribution in [0.15, 0.2) is 24.7 Å². The lowest BCUT2D eigenvalue weighted by atomic mass is 9.87. The minimum absolute atomic E-state index is 0.0158. The molecule has 1 atom stereocenters. The van der Waals surface area contributed by atoms with E-state index in [-0.39, 0.29) is 23.2 Å². The van der Waals surface area contributed by atoms with E-state index in [1.165, 1.54) is 0 Å². The average Bonchev–Trinajstić information content (AvgIpc) is 3.82. The Hall–Kier alpha value is -4.57. The number of imidazole rings is 1. The minimum atomic E-state index is -1.97. The maximum Gasteiger partial charge on any atom is 0.407 e. The van der Waals surface area contributed by atoms with Crippen LogP contribution in [0.3, 0.4) is 0 Å². The Labute approximate surface area is 319 Å². The number of hydrogen-bond donors (Lipinski definition) is 2. The number of methoxy groups -OCH3 is 3. The monoisotopic (exact) mass is 763 g/mol. The third-order valence-corrected chi connectivity index (χ3v) is 15.3. The van der Waals surface area contributed by atoms with E-state index in [1.807, 2.05) is 55.3 Å². The predicted octanol–water partition coefficient (Wildman–Crippen LogP) is 7.31. The van der Waals surface area contributed by atoms with Crippen LogP contribution in [0.5, 0.6) is 17.2 Å². The highest BCUT2D eigenvalue weighted by molar-refractivity contribution is 6.74. The number of carbonyl (C=O) groups is 1. The molecule has 4 aromatic rings. The van der Waals surface area contributed by atoms with E-state index in [4.69, 9.17) is 38.4 Å². The summed E-state index contributed by atoms with van der Waals surface area (Å²) >= 11 is 0. The molecule has 294 valence electrons. The molecule has 0 bridgehead atoms. The van der Waals surface area contributed by atoms with Crippen molar-refractivity contribution in [1.29, 1.82) is 0 Å². The molecule has 16 heteroatoms. The van der Waals surface area contributed by atoms with E-state index < -0.39 is 20.0 Å². The first kappa shape index (κ1) is 39.1. The number of ether oxygens (including phenoxy) is 4. The van der Waals surface area contributed by atoms with E-state index in [0.29, 0.717) is 48.5 Å². The summed E-state index contributed by atoms with van der Waals surface area (Å²) in [5, 5.41) is 12.5. The zero-order chi connectivity index (χ0) is 39.2. The molecule has 2 aliphatic rings. The smallest absolute Gasteiger partial charge is 0.407 e. The van der Waals surface area contributed by atoms with Crippen LogP contribution >= 0.6 is 0 Å². The van der Waals surface area contributed by atoms with Crippen molar-refractivity contribution in [1.82, 2.24) is 34.6 Å². The molecule has 2 fully saturated rings. The Balaban J connectivity index is 1.33. The van der Waals surface area contributed by atoms with Gasteiger partial charge in [-0.3, -0.25) is 0 Å².